The van der Waals surface area contributed by atoms with Crippen LogP contribution in [0, 0.1) is 61.2 Å². The van der Waals surface area contributed by atoms with Crippen LogP contribution < -0.4 is 15.6 Å². The van der Waals surface area contributed by atoms with Gasteiger partial charge in [-0.25, -0.2) is 0 Å². The SMILES string of the molecule is CCC[Si](C)(CC)c1cc(C(c2cc(C)cc([Si](CC)(CC)CC)c2CC)(C2C(C)CC3C(c4ccccc4)=CC=CC32)C2C(C)CC3C(c4ccccc4)=CC=CC32)c(C)c([Si](C)(C)C)c1. The molecule has 4 aliphatic rings. The molecule has 4 aromatic carbocycles. The Balaban J connectivity index is 1.58. The number of fused-ring (bicyclic) bond motifs is 2. The van der Waals surface area contributed by atoms with Crippen LogP contribution in [0.2, 0.25) is 56.4 Å². The van der Waals surface area contributed by atoms with E-state index in [1.54, 1.807) is 49.0 Å². The third-order valence-electron chi connectivity index (χ3n) is 19.3. The highest BCUT2D eigenvalue weighted by molar-refractivity contribution is 6.93. The summed E-state index contributed by atoms with van der Waals surface area (Å²) in [6.45, 7) is 36.5. The summed E-state index contributed by atoms with van der Waals surface area (Å²) in [6.07, 6.45) is 20.3. The lowest BCUT2D eigenvalue weighted by Crippen LogP contribution is -2.56. The van der Waals surface area contributed by atoms with E-state index in [1.165, 1.54) is 66.2 Å². The van der Waals surface area contributed by atoms with Crippen LogP contribution in [0.1, 0.15) is 114 Å². The maximum absolute atomic E-state index is 2.98. The zero-order valence-corrected chi connectivity index (χ0v) is 47.5. The Labute approximate surface area is 413 Å². The molecule has 67 heavy (non-hydrogen) atoms. The number of rotatable bonds is 16. The van der Waals surface area contributed by atoms with Gasteiger partial charge in [-0.2, -0.15) is 0 Å². The van der Waals surface area contributed by atoms with Crippen molar-refractivity contribution in [2.24, 2.45) is 47.3 Å². The standard InChI is InChI=1S/C64H88Si3/c1-15-37-66(14,17-3)50-42-58(47(10)60(43-50)65(11,12)13)64(59-38-44(7)39-61(51(59)16-2)67(18-4,19-5)20-6,62-45(8)40-56-52(33-27-35-54(56)62)48-29-23-21-24-30-48)63-46(9)41-57-53(34-28-36-55(57)63)49-31-25-22-26-32-49/h21-36,38-39,42-43,45-46,54-57,62-63H,15-20,37,40-41H2,1-14H3. The fraction of sp³-hybridized carbons (Fsp3) is 0.500. The van der Waals surface area contributed by atoms with E-state index in [4.69, 9.17) is 0 Å². The number of aryl methyl sites for hydroxylation is 1. The van der Waals surface area contributed by atoms with Crippen molar-refractivity contribution in [3.8, 4) is 0 Å². The van der Waals surface area contributed by atoms with Gasteiger partial charge in [0.15, 0.2) is 0 Å². The second-order valence-corrected chi connectivity index (χ2v) is 38.8. The van der Waals surface area contributed by atoms with Crippen molar-refractivity contribution in [3.05, 3.63) is 160 Å². The van der Waals surface area contributed by atoms with Crippen LogP contribution in [0.15, 0.2) is 121 Å². The second kappa shape index (κ2) is 19.7. The van der Waals surface area contributed by atoms with Gasteiger partial charge in [0.05, 0.1) is 24.2 Å². The van der Waals surface area contributed by atoms with E-state index in [9.17, 15) is 0 Å². The van der Waals surface area contributed by atoms with Crippen molar-refractivity contribution in [2.45, 2.75) is 157 Å². The molecule has 8 rings (SSSR count). The average molecular weight is 942 g/mol. The Morgan fingerprint density at radius 3 is 1.52 bits per heavy atom. The van der Waals surface area contributed by atoms with Crippen molar-refractivity contribution < 1.29 is 0 Å². The fourth-order valence-corrected chi connectivity index (χ4v) is 25.1. The second-order valence-electron chi connectivity index (χ2n) is 23.6. The van der Waals surface area contributed by atoms with Gasteiger partial charge in [-0.1, -0.05) is 261 Å². The first kappa shape index (κ1) is 49.9. The molecule has 0 spiro atoms. The van der Waals surface area contributed by atoms with E-state index in [0.717, 1.165) is 6.42 Å². The molecule has 4 aliphatic carbocycles. The quantitative estimate of drug-likeness (QED) is 0.0982. The molecular formula is C64H88Si3. The Morgan fingerprint density at radius 2 is 1.09 bits per heavy atom. The molecule has 0 nitrogen and oxygen atoms in total. The van der Waals surface area contributed by atoms with Crippen LogP contribution in [0.25, 0.3) is 11.1 Å². The molecule has 0 bridgehead atoms. The zero-order chi connectivity index (χ0) is 48.1. The van der Waals surface area contributed by atoms with Gasteiger partial charge in [-0.15, -0.1) is 0 Å². The Hall–Kier alpha value is -3.51. The normalized spacial score (nSPS) is 26.7. The summed E-state index contributed by atoms with van der Waals surface area (Å²) in [5.41, 5.74) is 14.1. The first-order valence-corrected chi connectivity index (χ1v) is 36.3. The minimum atomic E-state index is -1.84. The van der Waals surface area contributed by atoms with Crippen LogP contribution in [0.3, 0.4) is 0 Å². The van der Waals surface area contributed by atoms with Crippen molar-refractivity contribution >= 4 is 50.9 Å². The maximum Gasteiger partial charge on any atom is 0.0863 e. The molecule has 3 heteroatoms. The molecule has 4 aromatic rings. The lowest BCUT2D eigenvalue weighted by atomic mass is 9.49. The topological polar surface area (TPSA) is 0 Å². The number of allylic oxidation sites excluding steroid dienone is 8. The van der Waals surface area contributed by atoms with Gasteiger partial charge in [0.2, 0.25) is 0 Å². The lowest BCUT2D eigenvalue weighted by molar-refractivity contribution is 0.107. The summed E-state index contributed by atoms with van der Waals surface area (Å²) in [4.78, 5) is 0. The van der Waals surface area contributed by atoms with Gasteiger partial charge in [-0.3, -0.25) is 0 Å². The molecular weight excluding hydrogens is 853 g/mol. The van der Waals surface area contributed by atoms with E-state index in [0.29, 0.717) is 47.3 Å². The van der Waals surface area contributed by atoms with Crippen LogP contribution in [-0.4, -0.2) is 24.2 Å². The molecule has 0 radical (unpaired) electrons. The average Bonchev–Trinajstić information content (AvgIpc) is 3.86. The smallest absolute Gasteiger partial charge is 0.0805 e. The molecule has 0 N–H and O–H groups in total. The zero-order valence-electron chi connectivity index (χ0n) is 44.5. The molecule has 0 heterocycles. The fourth-order valence-electron chi connectivity index (χ4n) is 15.8. The molecule has 0 aromatic heterocycles. The third-order valence-corrected chi connectivity index (χ3v) is 31.9. The first-order chi connectivity index (χ1) is 32.1. The largest absolute Gasteiger partial charge is 0.0863 e. The van der Waals surface area contributed by atoms with Crippen molar-refractivity contribution in [1.82, 2.24) is 0 Å². The van der Waals surface area contributed by atoms with Gasteiger partial charge >= 0.3 is 0 Å². The lowest BCUT2D eigenvalue weighted by Gasteiger charge is -2.55. The van der Waals surface area contributed by atoms with Crippen molar-refractivity contribution in [1.29, 1.82) is 0 Å². The number of hydrogen-bond acceptors (Lipinski definition) is 0. The Kier molecular flexibility index (Phi) is 14.7. The van der Waals surface area contributed by atoms with Crippen LogP contribution >= 0.6 is 0 Å². The van der Waals surface area contributed by atoms with E-state index in [2.05, 4.69) is 217 Å². The van der Waals surface area contributed by atoms with Crippen LogP contribution in [0.4, 0.5) is 0 Å². The monoisotopic (exact) mass is 941 g/mol. The highest BCUT2D eigenvalue weighted by atomic mass is 28.3. The van der Waals surface area contributed by atoms with Gasteiger partial charge in [0.25, 0.3) is 0 Å². The summed E-state index contributed by atoms with van der Waals surface area (Å²) in [5.74, 6) is 3.74. The summed E-state index contributed by atoms with van der Waals surface area (Å²) >= 11 is 0. The summed E-state index contributed by atoms with van der Waals surface area (Å²) in [5, 5.41) is 5.29. The van der Waals surface area contributed by atoms with Gasteiger partial charge in [0.1, 0.15) is 0 Å². The predicted molar refractivity (Wildman–Crippen MR) is 305 cm³/mol. The summed E-state index contributed by atoms with van der Waals surface area (Å²) < 4.78 is 0. The molecule has 356 valence electrons. The summed E-state index contributed by atoms with van der Waals surface area (Å²) in [7, 11) is -5.52. The van der Waals surface area contributed by atoms with E-state index in [-0.39, 0.29) is 5.41 Å². The third kappa shape index (κ3) is 8.45. The van der Waals surface area contributed by atoms with Gasteiger partial charge < -0.3 is 0 Å². The van der Waals surface area contributed by atoms with E-state index in [1.807, 2.05) is 0 Å². The maximum atomic E-state index is 2.98. The predicted octanol–water partition coefficient (Wildman–Crippen LogP) is 16.2. The Bertz CT molecular complexity index is 2410. The highest BCUT2D eigenvalue weighted by Gasteiger charge is 2.63. The van der Waals surface area contributed by atoms with Gasteiger partial charge in [-0.05, 0) is 125 Å². The van der Waals surface area contributed by atoms with Gasteiger partial charge in [0, 0.05) is 5.41 Å². The van der Waals surface area contributed by atoms with Crippen LogP contribution in [0.5, 0.6) is 0 Å². The van der Waals surface area contributed by atoms with Crippen LogP contribution in [-0.2, 0) is 11.8 Å². The van der Waals surface area contributed by atoms with Crippen molar-refractivity contribution in [3.63, 3.8) is 0 Å². The highest BCUT2D eigenvalue weighted by Crippen LogP contribution is 2.67. The van der Waals surface area contributed by atoms with E-state index >= 15 is 0 Å². The molecule has 9 unspecified atom stereocenters. The number of hydrogen-bond donors (Lipinski definition) is 0. The Morgan fingerprint density at radius 1 is 0.582 bits per heavy atom. The minimum Gasteiger partial charge on any atom is -0.0805 e. The minimum absolute atomic E-state index is 0.226. The number of benzene rings is 4. The molecule has 0 amide bonds. The summed E-state index contributed by atoms with van der Waals surface area (Å²) in [6, 6.07) is 41.0. The first-order valence-electron chi connectivity index (χ1n) is 27.3. The molecule has 0 aliphatic heterocycles. The van der Waals surface area contributed by atoms with E-state index < -0.39 is 24.2 Å². The molecule has 0 saturated heterocycles. The van der Waals surface area contributed by atoms with Crippen molar-refractivity contribution in [2.75, 3.05) is 0 Å². The molecule has 9 atom stereocenters. The molecule has 2 saturated carbocycles. The molecule has 2 fully saturated rings.